The van der Waals surface area contributed by atoms with Crippen molar-refractivity contribution in [3.05, 3.63) is 22.2 Å². The molecule has 2 rings (SSSR count). The molecule has 0 amide bonds. The second-order valence-corrected chi connectivity index (χ2v) is 6.71. The summed E-state index contributed by atoms with van der Waals surface area (Å²) < 4.78 is 12.4. The second-order valence-electron chi connectivity index (χ2n) is 5.86. The van der Waals surface area contributed by atoms with Crippen LogP contribution in [0.25, 0.3) is 0 Å². The highest BCUT2D eigenvalue weighted by molar-refractivity contribution is 9.10. The molecule has 1 aliphatic heterocycles. The molecule has 0 saturated heterocycles. The number of hydrogen-bond acceptors (Lipinski definition) is 3. The second kappa shape index (κ2) is 6.81. The van der Waals surface area contributed by atoms with Crippen LogP contribution in [0.15, 0.2) is 16.6 Å². The van der Waals surface area contributed by atoms with Crippen molar-refractivity contribution < 1.29 is 9.47 Å². The van der Waals surface area contributed by atoms with Gasteiger partial charge in [-0.1, -0.05) is 36.7 Å². The van der Waals surface area contributed by atoms with E-state index in [1.165, 1.54) is 12.0 Å². The summed E-state index contributed by atoms with van der Waals surface area (Å²) in [5.41, 5.74) is 1.37. The van der Waals surface area contributed by atoms with Crippen molar-refractivity contribution in [2.75, 3.05) is 26.3 Å². The molecule has 1 aromatic carbocycles. The molecule has 0 saturated carbocycles. The third-order valence-electron chi connectivity index (χ3n) is 3.71. The number of fused-ring (bicyclic) bond motifs is 1. The fourth-order valence-electron chi connectivity index (χ4n) is 2.42. The molecule has 0 bridgehead atoms. The number of rotatable bonds is 6. The number of ether oxygens (including phenoxy) is 2. The quantitative estimate of drug-likeness (QED) is 0.796. The maximum atomic E-state index is 5.70. The van der Waals surface area contributed by atoms with E-state index in [1.807, 2.05) is 6.07 Å². The van der Waals surface area contributed by atoms with Gasteiger partial charge in [0.1, 0.15) is 13.2 Å². The van der Waals surface area contributed by atoms with Crippen LogP contribution in [0, 0.1) is 0 Å². The van der Waals surface area contributed by atoms with Gasteiger partial charge < -0.3 is 14.8 Å². The van der Waals surface area contributed by atoms with Gasteiger partial charge in [0.2, 0.25) is 0 Å². The van der Waals surface area contributed by atoms with Crippen molar-refractivity contribution >= 4 is 15.9 Å². The molecule has 1 heterocycles. The Morgan fingerprint density at radius 2 is 1.80 bits per heavy atom. The lowest BCUT2D eigenvalue weighted by atomic mass is 9.81. The Balaban J connectivity index is 2.13. The van der Waals surface area contributed by atoms with Gasteiger partial charge in [-0.3, -0.25) is 0 Å². The molecular formula is C16H24BrNO2. The van der Waals surface area contributed by atoms with Crippen LogP contribution in [0.1, 0.15) is 39.2 Å². The maximum absolute atomic E-state index is 5.70. The summed E-state index contributed by atoms with van der Waals surface area (Å²) in [4.78, 5) is 0. The summed E-state index contributed by atoms with van der Waals surface area (Å²) in [6.07, 6.45) is 2.26. The fourth-order valence-corrected chi connectivity index (χ4v) is 3.28. The lowest BCUT2D eigenvalue weighted by Crippen LogP contribution is -2.26. The SMILES string of the molecule is CCCNCCC(C)(C)c1cc2c(cc1Br)OCCO2. The van der Waals surface area contributed by atoms with Crippen molar-refractivity contribution in [3.63, 3.8) is 0 Å². The van der Waals surface area contributed by atoms with Gasteiger partial charge in [-0.25, -0.2) is 0 Å². The summed E-state index contributed by atoms with van der Waals surface area (Å²) in [5, 5.41) is 3.47. The van der Waals surface area contributed by atoms with Crippen molar-refractivity contribution in [2.24, 2.45) is 0 Å². The minimum Gasteiger partial charge on any atom is -0.486 e. The molecule has 3 nitrogen and oxygen atoms in total. The van der Waals surface area contributed by atoms with E-state index in [0.717, 1.165) is 35.5 Å². The summed E-state index contributed by atoms with van der Waals surface area (Å²) >= 11 is 3.68. The van der Waals surface area contributed by atoms with Gasteiger partial charge in [-0.2, -0.15) is 0 Å². The minimum atomic E-state index is 0.0927. The molecule has 1 N–H and O–H groups in total. The first-order chi connectivity index (χ1) is 9.54. The van der Waals surface area contributed by atoms with Crippen molar-refractivity contribution in [3.8, 4) is 11.5 Å². The molecule has 0 spiro atoms. The molecule has 0 aliphatic carbocycles. The lowest BCUT2D eigenvalue weighted by Gasteiger charge is -2.29. The summed E-state index contributed by atoms with van der Waals surface area (Å²) in [6, 6.07) is 4.16. The summed E-state index contributed by atoms with van der Waals surface area (Å²) in [5.74, 6) is 1.70. The first-order valence-corrected chi connectivity index (χ1v) is 8.14. The van der Waals surface area contributed by atoms with E-state index < -0.39 is 0 Å². The van der Waals surface area contributed by atoms with Crippen LogP contribution in [0.4, 0.5) is 0 Å². The first kappa shape index (κ1) is 15.6. The van der Waals surface area contributed by atoms with Gasteiger partial charge >= 0.3 is 0 Å². The first-order valence-electron chi connectivity index (χ1n) is 7.35. The number of benzene rings is 1. The smallest absolute Gasteiger partial charge is 0.162 e. The van der Waals surface area contributed by atoms with Crippen LogP contribution in [-0.2, 0) is 5.41 Å². The van der Waals surface area contributed by atoms with Crippen LogP contribution in [-0.4, -0.2) is 26.3 Å². The zero-order valence-electron chi connectivity index (χ0n) is 12.6. The van der Waals surface area contributed by atoms with Crippen LogP contribution in [0.3, 0.4) is 0 Å². The van der Waals surface area contributed by atoms with Gasteiger partial charge in [0.15, 0.2) is 11.5 Å². The van der Waals surface area contributed by atoms with Crippen LogP contribution < -0.4 is 14.8 Å². The molecule has 0 atom stereocenters. The lowest BCUT2D eigenvalue weighted by molar-refractivity contribution is 0.171. The van der Waals surface area contributed by atoms with Crippen molar-refractivity contribution in [1.82, 2.24) is 5.32 Å². The molecule has 1 aliphatic rings. The average Bonchev–Trinajstić information content (AvgIpc) is 2.43. The Labute approximate surface area is 130 Å². The largest absolute Gasteiger partial charge is 0.486 e. The van der Waals surface area contributed by atoms with E-state index in [4.69, 9.17) is 9.47 Å². The van der Waals surface area contributed by atoms with Crippen LogP contribution in [0.5, 0.6) is 11.5 Å². The number of halogens is 1. The fraction of sp³-hybridized carbons (Fsp3) is 0.625. The molecule has 0 aromatic heterocycles. The Morgan fingerprint density at radius 3 is 2.45 bits per heavy atom. The van der Waals surface area contributed by atoms with Crippen molar-refractivity contribution in [1.29, 1.82) is 0 Å². The molecule has 0 fully saturated rings. The molecule has 112 valence electrons. The van der Waals surface area contributed by atoms with Gasteiger partial charge in [0, 0.05) is 4.47 Å². The topological polar surface area (TPSA) is 30.5 Å². The maximum Gasteiger partial charge on any atom is 0.162 e. The van der Waals surface area contributed by atoms with E-state index in [2.05, 4.69) is 48.1 Å². The molecular weight excluding hydrogens is 318 g/mol. The van der Waals surface area contributed by atoms with Crippen LogP contribution >= 0.6 is 15.9 Å². The average molecular weight is 342 g/mol. The molecule has 4 heteroatoms. The third kappa shape index (κ3) is 3.67. The third-order valence-corrected chi connectivity index (χ3v) is 4.37. The Morgan fingerprint density at radius 1 is 1.15 bits per heavy atom. The highest BCUT2D eigenvalue weighted by Crippen LogP contribution is 2.41. The highest BCUT2D eigenvalue weighted by atomic mass is 79.9. The van der Waals surface area contributed by atoms with E-state index in [0.29, 0.717) is 13.2 Å². The van der Waals surface area contributed by atoms with E-state index in [9.17, 15) is 0 Å². The molecule has 0 unspecified atom stereocenters. The molecule has 0 radical (unpaired) electrons. The van der Waals surface area contributed by atoms with E-state index in [-0.39, 0.29) is 5.41 Å². The summed E-state index contributed by atoms with van der Waals surface area (Å²) in [6.45, 7) is 10.1. The van der Waals surface area contributed by atoms with Gasteiger partial charge in [0.25, 0.3) is 0 Å². The molecule has 1 aromatic rings. The van der Waals surface area contributed by atoms with Gasteiger partial charge in [0.05, 0.1) is 0 Å². The normalized spacial score (nSPS) is 14.4. The Kier molecular flexibility index (Phi) is 5.33. The van der Waals surface area contributed by atoms with Crippen molar-refractivity contribution in [2.45, 2.75) is 39.0 Å². The highest BCUT2D eigenvalue weighted by Gasteiger charge is 2.26. The van der Waals surface area contributed by atoms with Gasteiger partial charge in [-0.15, -0.1) is 0 Å². The standard InChI is InChI=1S/C16H24BrNO2/c1-4-6-18-7-5-16(2,3)12-10-14-15(11-13(12)17)20-9-8-19-14/h10-11,18H,4-9H2,1-3H3. The Hall–Kier alpha value is -0.740. The Bertz CT molecular complexity index is 460. The van der Waals surface area contributed by atoms with E-state index >= 15 is 0 Å². The predicted octanol–water partition coefficient (Wildman–Crippen LogP) is 3.89. The predicted molar refractivity (Wildman–Crippen MR) is 85.9 cm³/mol. The van der Waals surface area contributed by atoms with Gasteiger partial charge in [-0.05, 0) is 49.0 Å². The minimum absolute atomic E-state index is 0.0927. The van der Waals surface area contributed by atoms with Crippen LogP contribution in [0.2, 0.25) is 0 Å². The van der Waals surface area contributed by atoms with E-state index in [1.54, 1.807) is 0 Å². The molecule has 20 heavy (non-hydrogen) atoms. The zero-order chi connectivity index (χ0) is 14.6. The number of nitrogens with one attached hydrogen (secondary N) is 1. The monoisotopic (exact) mass is 341 g/mol. The zero-order valence-corrected chi connectivity index (χ0v) is 14.2. The summed E-state index contributed by atoms with van der Waals surface area (Å²) in [7, 11) is 0. The number of hydrogen-bond donors (Lipinski definition) is 1.